The van der Waals surface area contributed by atoms with Gasteiger partial charge in [0.05, 0.1) is 32.7 Å². The van der Waals surface area contributed by atoms with Crippen LogP contribution in [0.3, 0.4) is 0 Å². The van der Waals surface area contributed by atoms with E-state index in [0.717, 1.165) is 32.4 Å². The van der Waals surface area contributed by atoms with Gasteiger partial charge in [-0.3, -0.25) is 9.48 Å². The number of aromatic nitrogens is 2. The molecule has 1 aliphatic rings. The average Bonchev–Trinajstić information content (AvgIpc) is 3.15. The molecule has 6 nitrogen and oxygen atoms in total. The number of nitrogens with zero attached hydrogens (tertiary/aromatic N) is 3. The highest BCUT2D eigenvalue weighted by atomic mass is 16.5. The van der Waals surface area contributed by atoms with Crippen LogP contribution in [-0.4, -0.2) is 46.9 Å². The van der Waals surface area contributed by atoms with E-state index < -0.39 is 0 Å². The third kappa shape index (κ3) is 4.53. The molecule has 0 radical (unpaired) electrons. The minimum Gasteiger partial charge on any atom is -0.493 e. The second kappa shape index (κ2) is 8.55. The Morgan fingerprint density at radius 1 is 1.24 bits per heavy atom. The number of para-hydroxylation sites is 2. The summed E-state index contributed by atoms with van der Waals surface area (Å²) in [6, 6.07) is 9.62. The Morgan fingerprint density at radius 3 is 2.84 bits per heavy atom. The normalized spacial score (nSPS) is 17.3. The van der Waals surface area contributed by atoms with Gasteiger partial charge in [0.2, 0.25) is 5.91 Å². The Balaban J connectivity index is 1.53. The predicted octanol–water partition coefficient (Wildman–Crippen LogP) is 2.74. The Labute approximate surface area is 148 Å². The van der Waals surface area contributed by atoms with Gasteiger partial charge < -0.3 is 14.4 Å². The van der Waals surface area contributed by atoms with Gasteiger partial charge in [-0.15, -0.1) is 0 Å². The Hall–Kier alpha value is -2.50. The van der Waals surface area contributed by atoms with Gasteiger partial charge in [0.15, 0.2) is 11.5 Å². The summed E-state index contributed by atoms with van der Waals surface area (Å²) in [5.74, 6) is 1.50. The van der Waals surface area contributed by atoms with Crippen molar-refractivity contribution in [3.63, 3.8) is 0 Å². The van der Waals surface area contributed by atoms with Gasteiger partial charge in [0.1, 0.15) is 0 Å². The van der Waals surface area contributed by atoms with Crippen LogP contribution >= 0.6 is 0 Å². The fraction of sp³-hybridized carbons (Fsp3) is 0.474. The smallest absolute Gasteiger partial charge is 0.226 e. The number of hydrogen-bond donors (Lipinski definition) is 0. The maximum atomic E-state index is 12.7. The fourth-order valence-electron chi connectivity index (χ4n) is 3.27. The molecule has 2 heterocycles. The first kappa shape index (κ1) is 17.3. The summed E-state index contributed by atoms with van der Waals surface area (Å²) in [7, 11) is 1.61. The molecule has 1 aromatic carbocycles. The van der Waals surface area contributed by atoms with Gasteiger partial charge in [0, 0.05) is 18.9 Å². The lowest BCUT2D eigenvalue weighted by Crippen LogP contribution is -2.46. The number of carbonyl (C=O) groups excluding carboxylic acids is 1. The molecule has 1 aromatic heterocycles. The van der Waals surface area contributed by atoms with E-state index in [0.29, 0.717) is 24.5 Å². The predicted molar refractivity (Wildman–Crippen MR) is 94.7 cm³/mol. The number of piperidine rings is 1. The number of rotatable bonds is 7. The van der Waals surface area contributed by atoms with Crippen molar-refractivity contribution in [2.45, 2.75) is 38.3 Å². The summed E-state index contributed by atoms with van der Waals surface area (Å²) in [4.78, 5) is 14.7. The van der Waals surface area contributed by atoms with E-state index in [1.54, 1.807) is 13.3 Å². The summed E-state index contributed by atoms with van der Waals surface area (Å²) in [5.41, 5.74) is 0. The Kier molecular flexibility index (Phi) is 5.93. The highest BCUT2D eigenvalue weighted by molar-refractivity contribution is 5.76. The quantitative estimate of drug-likeness (QED) is 0.776. The second-order valence-electron chi connectivity index (χ2n) is 6.21. The van der Waals surface area contributed by atoms with Crippen molar-refractivity contribution < 1.29 is 14.3 Å². The van der Waals surface area contributed by atoms with Gasteiger partial charge in [-0.05, 0) is 37.5 Å². The maximum absolute atomic E-state index is 12.7. The summed E-state index contributed by atoms with van der Waals surface area (Å²) in [6.45, 7) is 1.93. The van der Waals surface area contributed by atoms with E-state index in [1.807, 2.05) is 46.1 Å². The topological polar surface area (TPSA) is 56.6 Å². The summed E-state index contributed by atoms with van der Waals surface area (Å²) < 4.78 is 12.9. The van der Waals surface area contributed by atoms with Crippen LogP contribution in [0.25, 0.3) is 0 Å². The van der Waals surface area contributed by atoms with Crippen molar-refractivity contribution in [1.82, 2.24) is 14.7 Å². The van der Waals surface area contributed by atoms with Crippen molar-refractivity contribution in [2.24, 2.45) is 0 Å². The molecule has 0 unspecified atom stereocenters. The molecule has 1 amide bonds. The number of methoxy groups -OCH3 is 1. The van der Waals surface area contributed by atoms with Crippen LogP contribution in [0.4, 0.5) is 0 Å². The SMILES string of the molecule is COc1ccccc1OCCC(=O)N1CCCC[C@H]1Cn1cccn1. The molecule has 1 fully saturated rings. The fourth-order valence-corrected chi connectivity index (χ4v) is 3.27. The monoisotopic (exact) mass is 343 g/mol. The first-order valence-electron chi connectivity index (χ1n) is 8.80. The van der Waals surface area contributed by atoms with Crippen LogP contribution in [0.5, 0.6) is 11.5 Å². The molecule has 0 spiro atoms. The first-order chi connectivity index (χ1) is 12.3. The molecule has 2 aromatic rings. The number of hydrogen-bond acceptors (Lipinski definition) is 4. The number of ether oxygens (including phenoxy) is 2. The molecule has 1 aliphatic heterocycles. The van der Waals surface area contributed by atoms with Crippen LogP contribution in [0.1, 0.15) is 25.7 Å². The Morgan fingerprint density at radius 2 is 2.08 bits per heavy atom. The van der Waals surface area contributed by atoms with Gasteiger partial charge in [0.25, 0.3) is 0 Å². The molecule has 0 N–H and O–H groups in total. The molecule has 6 heteroatoms. The zero-order valence-electron chi connectivity index (χ0n) is 14.6. The van der Waals surface area contributed by atoms with Crippen LogP contribution in [0.2, 0.25) is 0 Å². The molecule has 1 saturated heterocycles. The molecular formula is C19H25N3O3. The standard InChI is InChI=1S/C19H25N3O3/c1-24-17-8-2-3-9-18(17)25-14-10-19(23)22-13-5-4-7-16(22)15-21-12-6-11-20-21/h2-3,6,8-9,11-12,16H,4-5,7,10,13-15H2,1H3/t16-/m0/s1. The van der Waals surface area contributed by atoms with Crippen molar-refractivity contribution in [3.05, 3.63) is 42.7 Å². The lowest BCUT2D eigenvalue weighted by atomic mass is 10.0. The van der Waals surface area contributed by atoms with E-state index in [9.17, 15) is 4.79 Å². The largest absolute Gasteiger partial charge is 0.493 e. The van der Waals surface area contributed by atoms with Crippen LogP contribution < -0.4 is 9.47 Å². The molecule has 0 bridgehead atoms. The van der Waals surface area contributed by atoms with Crippen molar-refractivity contribution in [3.8, 4) is 11.5 Å². The zero-order valence-corrected chi connectivity index (χ0v) is 14.6. The zero-order chi connectivity index (χ0) is 17.5. The van der Waals surface area contributed by atoms with E-state index in [2.05, 4.69) is 5.10 Å². The molecule has 134 valence electrons. The van der Waals surface area contributed by atoms with E-state index in [1.165, 1.54) is 0 Å². The van der Waals surface area contributed by atoms with Gasteiger partial charge >= 0.3 is 0 Å². The lowest BCUT2D eigenvalue weighted by molar-refractivity contribution is -0.135. The van der Waals surface area contributed by atoms with Gasteiger partial charge in [-0.25, -0.2) is 0 Å². The minimum atomic E-state index is 0.145. The van der Waals surface area contributed by atoms with Crippen molar-refractivity contribution in [2.75, 3.05) is 20.3 Å². The van der Waals surface area contributed by atoms with E-state index >= 15 is 0 Å². The first-order valence-corrected chi connectivity index (χ1v) is 8.80. The minimum absolute atomic E-state index is 0.145. The summed E-state index contributed by atoms with van der Waals surface area (Å²) >= 11 is 0. The summed E-state index contributed by atoms with van der Waals surface area (Å²) in [6.07, 6.45) is 7.34. The lowest BCUT2D eigenvalue weighted by Gasteiger charge is -2.35. The van der Waals surface area contributed by atoms with E-state index in [-0.39, 0.29) is 11.9 Å². The number of amides is 1. The van der Waals surface area contributed by atoms with Crippen molar-refractivity contribution >= 4 is 5.91 Å². The number of benzene rings is 1. The molecule has 1 atom stereocenters. The second-order valence-corrected chi connectivity index (χ2v) is 6.21. The van der Waals surface area contributed by atoms with Crippen LogP contribution in [0, 0.1) is 0 Å². The number of likely N-dealkylation sites (tertiary alicyclic amines) is 1. The Bertz CT molecular complexity index is 672. The maximum Gasteiger partial charge on any atom is 0.226 e. The molecule has 0 aliphatic carbocycles. The van der Waals surface area contributed by atoms with Crippen molar-refractivity contribution in [1.29, 1.82) is 0 Å². The highest BCUT2D eigenvalue weighted by Crippen LogP contribution is 2.26. The van der Waals surface area contributed by atoms with Gasteiger partial charge in [-0.2, -0.15) is 5.10 Å². The third-order valence-corrected chi connectivity index (χ3v) is 4.55. The molecule has 3 rings (SSSR count). The summed E-state index contributed by atoms with van der Waals surface area (Å²) in [5, 5.41) is 4.27. The third-order valence-electron chi connectivity index (χ3n) is 4.55. The highest BCUT2D eigenvalue weighted by Gasteiger charge is 2.26. The average molecular weight is 343 g/mol. The van der Waals surface area contributed by atoms with Gasteiger partial charge in [-0.1, -0.05) is 12.1 Å². The van der Waals surface area contributed by atoms with E-state index in [4.69, 9.17) is 9.47 Å². The number of carbonyl (C=O) groups is 1. The van der Waals surface area contributed by atoms with Crippen LogP contribution in [0.15, 0.2) is 42.7 Å². The molecule has 0 saturated carbocycles. The molecular weight excluding hydrogens is 318 g/mol. The van der Waals surface area contributed by atoms with Crippen LogP contribution in [-0.2, 0) is 11.3 Å². The molecule has 25 heavy (non-hydrogen) atoms.